The van der Waals surface area contributed by atoms with Crippen LogP contribution in [0.3, 0.4) is 0 Å². The van der Waals surface area contributed by atoms with Crippen molar-refractivity contribution in [3.8, 4) is 11.3 Å². The molecule has 1 aliphatic rings. The molecule has 0 saturated heterocycles. The number of hydrogen-bond acceptors (Lipinski definition) is 4. The zero-order valence-corrected chi connectivity index (χ0v) is 13.0. The Balaban J connectivity index is 1.53. The normalized spacial score (nSPS) is 15.3. The number of nitrogens with zero attached hydrogens (tertiary/aromatic N) is 1. The molecule has 5 nitrogen and oxygen atoms in total. The lowest BCUT2D eigenvalue weighted by Crippen LogP contribution is -2.31. The third kappa shape index (κ3) is 3.79. The summed E-state index contributed by atoms with van der Waals surface area (Å²) in [7, 11) is 0. The molecular formula is C17H18F2N2O3. The summed E-state index contributed by atoms with van der Waals surface area (Å²) in [5.41, 5.74) is -0.00971. The van der Waals surface area contributed by atoms with Crippen LogP contribution in [0, 0.1) is 17.0 Å². The van der Waals surface area contributed by atoms with Gasteiger partial charge in [0.05, 0.1) is 18.4 Å². The van der Waals surface area contributed by atoms with E-state index in [9.17, 15) is 18.7 Å². The summed E-state index contributed by atoms with van der Waals surface area (Å²) in [6, 6.07) is 3.20. The van der Waals surface area contributed by atoms with E-state index in [2.05, 4.69) is 10.3 Å². The average Bonchev–Trinajstić information content (AvgIpc) is 3.20. The first-order chi connectivity index (χ1) is 11.5. The van der Waals surface area contributed by atoms with Crippen LogP contribution in [0.4, 0.5) is 8.78 Å². The topological polar surface area (TPSA) is 75.4 Å². The van der Waals surface area contributed by atoms with Crippen molar-refractivity contribution in [2.75, 3.05) is 13.2 Å². The molecule has 1 aromatic carbocycles. The first kappa shape index (κ1) is 16.6. The van der Waals surface area contributed by atoms with Crippen LogP contribution in [0.2, 0.25) is 0 Å². The lowest BCUT2D eigenvalue weighted by atomic mass is 10.1. The first-order valence-corrected chi connectivity index (χ1v) is 7.79. The number of aromatic nitrogens is 1. The number of aryl methyl sites for hydroxylation is 1. The summed E-state index contributed by atoms with van der Waals surface area (Å²) < 4.78 is 32.0. The quantitative estimate of drug-likeness (QED) is 0.814. The Bertz CT molecular complexity index is 741. The minimum Gasteiger partial charge on any atom is -0.441 e. The van der Waals surface area contributed by atoms with Gasteiger partial charge in [0, 0.05) is 30.9 Å². The Labute approximate surface area is 137 Å². The predicted octanol–water partition coefficient (Wildman–Crippen LogP) is 2.44. The van der Waals surface area contributed by atoms with Crippen LogP contribution in [0.5, 0.6) is 0 Å². The molecule has 7 heteroatoms. The third-order valence-electron chi connectivity index (χ3n) is 4.27. The van der Waals surface area contributed by atoms with E-state index in [1.165, 1.54) is 12.3 Å². The highest BCUT2D eigenvalue weighted by Crippen LogP contribution is 2.44. The number of nitrogens with one attached hydrogen (secondary N) is 1. The molecule has 0 spiro atoms. The molecule has 1 heterocycles. The fourth-order valence-corrected chi connectivity index (χ4v) is 2.40. The summed E-state index contributed by atoms with van der Waals surface area (Å²) in [5, 5.41) is 12.0. The van der Waals surface area contributed by atoms with E-state index < -0.39 is 11.6 Å². The number of oxazole rings is 1. The number of hydrogen-bond donors (Lipinski definition) is 2. The summed E-state index contributed by atoms with van der Waals surface area (Å²) in [4.78, 5) is 15.8. The molecule has 0 bridgehead atoms. The third-order valence-corrected chi connectivity index (χ3v) is 4.27. The van der Waals surface area contributed by atoms with Gasteiger partial charge in [0.25, 0.3) is 0 Å². The Morgan fingerprint density at radius 1 is 1.38 bits per heavy atom. The Morgan fingerprint density at radius 2 is 2.17 bits per heavy atom. The maximum atomic E-state index is 13.7. The highest BCUT2D eigenvalue weighted by Gasteiger charge is 2.41. The minimum absolute atomic E-state index is 0.0829. The van der Waals surface area contributed by atoms with Crippen molar-refractivity contribution in [2.45, 2.75) is 25.7 Å². The monoisotopic (exact) mass is 336 g/mol. The van der Waals surface area contributed by atoms with Crippen LogP contribution in [0.15, 0.2) is 28.8 Å². The van der Waals surface area contributed by atoms with Crippen LogP contribution in [-0.2, 0) is 11.2 Å². The highest BCUT2D eigenvalue weighted by molar-refractivity contribution is 5.76. The number of aliphatic hydroxyl groups excluding tert-OH is 1. The number of benzene rings is 1. The van der Waals surface area contributed by atoms with Gasteiger partial charge in [0.2, 0.25) is 5.91 Å². The van der Waals surface area contributed by atoms with Crippen LogP contribution in [0.1, 0.15) is 25.2 Å². The predicted molar refractivity (Wildman–Crippen MR) is 81.9 cm³/mol. The Hall–Kier alpha value is -2.28. The van der Waals surface area contributed by atoms with Gasteiger partial charge >= 0.3 is 0 Å². The number of rotatable bonds is 7. The van der Waals surface area contributed by atoms with Gasteiger partial charge in [-0.1, -0.05) is 0 Å². The molecule has 0 unspecified atom stereocenters. The second kappa shape index (κ2) is 6.68. The smallest absolute Gasteiger partial charge is 0.220 e. The molecule has 0 aliphatic heterocycles. The molecule has 2 N–H and O–H groups in total. The van der Waals surface area contributed by atoms with Gasteiger partial charge in [0.1, 0.15) is 11.6 Å². The van der Waals surface area contributed by atoms with E-state index >= 15 is 0 Å². The number of amides is 1. The van der Waals surface area contributed by atoms with E-state index in [1.54, 1.807) is 0 Å². The maximum Gasteiger partial charge on any atom is 0.220 e. The lowest BCUT2D eigenvalue weighted by Gasteiger charge is -2.12. The van der Waals surface area contributed by atoms with Crippen LogP contribution >= 0.6 is 0 Å². The first-order valence-electron chi connectivity index (χ1n) is 7.79. The van der Waals surface area contributed by atoms with E-state index in [0.717, 1.165) is 25.0 Å². The van der Waals surface area contributed by atoms with Crippen molar-refractivity contribution in [1.82, 2.24) is 10.3 Å². The summed E-state index contributed by atoms with van der Waals surface area (Å²) in [6.07, 6.45) is 3.68. The summed E-state index contributed by atoms with van der Waals surface area (Å²) >= 11 is 0. The molecule has 1 aromatic heterocycles. The van der Waals surface area contributed by atoms with Gasteiger partial charge in [-0.25, -0.2) is 13.8 Å². The molecule has 1 amide bonds. The molecule has 3 rings (SSSR count). The van der Waals surface area contributed by atoms with E-state index in [0.29, 0.717) is 12.4 Å². The molecule has 24 heavy (non-hydrogen) atoms. The summed E-state index contributed by atoms with van der Waals surface area (Å²) in [5.74, 6) is -1.03. The average molecular weight is 336 g/mol. The van der Waals surface area contributed by atoms with Crippen LogP contribution in [0.25, 0.3) is 11.3 Å². The van der Waals surface area contributed by atoms with Crippen molar-refractivity contribution < 1.29 is 23.1 Å². The number of halogens is 2. The fourth-order valence-electron chi connectivity index (χ4n) is 2.40. The van der Waals surface area contributed by atoms with Crippen molar-refractivity contribution in [1.29, 1.82) is 0 Å². The standard InChI is InChI=1S/C17H18F2N2O3/c18-11-1-2-12(13(19)7-11)14-8-20-16(24-14)4-3-15(23)21-9-17(10-22)5-6-17/h1-2,7-8,22H,3-6,9-10H2,(H,21,23). The second-order valence-electron chi connectivity index (χ2n) is 6.18. The SMILES string of the molecule is O=C(CCc1ncc(-c2ccc(F)cc2F)o1)NCC1(CO)CC1. The van der Waals surface area contributed by atoms with Crippen LogP contribution in [-0.4, -0.2) is 29.1 Å². The number of aliphatic hydroxyl groups is 1. The fraction of sp³-hybridized carbons (Fsp3) is 0.412. The van der Waals surface area contributed by atoms with E-state index in [1.807, 2.05) is 0 Å². The van der Waals surface area contributed by atoms with Crippen molar-refractivity contribution in [3.05, 3.63) is 41.9 Å². The number of carbonyl (C=O) groups excluding carboxylic acids is 1. The molecule has 128 valence electrons. The molecule has 1 fully saturated rings. The second-order valence-corrected chi connectivity index (χ2v) is 6.18. The molecule has 1 saturated carbocycles. The largest absolute Gasteiger partial charge is 0.441 e. The maximum absolute atomic E-state index is 13.7. The Morgan fingerprint density at radius 3 is 2.83 bits per heavy atom. The zero-order chi connectivity index (χ0) is 17.2. The minimum atomic E-state index is -0.728. The van der Waals surface area contributed by atoms with Gasteiger partial charge in [-0.15, -0.1) is 0 Å². The van der Waals surface area contributed by atoms with Crippen molar-refractivity contribution >= 4 is 5.91 Å². The number of carbonyl (C=O) groups is 1. The Kier molecular flexibility index (Phi) is 4.62. The highest BCUT2D eigenvalue weighted by atomic mass is 19.1. The van der Waals surface area contributed by atoms with E-state index in [-0.39, 0.29) is 42.1 Å². The van der Waals surface area contributed by atoms with Crippen molar-refractivity contribution in [2.24, 2.45) is 5.41 Å². The molecule has 0 radical (unpaired) electrons. The van der Waals surface area contributed by atoms with Gasteiger partial charge < -0.3 is 14.8 Å². The molecule has 0 atom stereocenters. The van der Waals surface area contributed by atoms with Gasteiger partial charge in [-0.05, 0) is 25.0 Å². The van der Waals surface area contributed by atoms with Gasteiger partial charge in [0.15, 0.2) is 11.7 Å². The summed E-state index contributed by atoms with van der Waals surface area (Å²) in [6.45, 7) is 0.555. The van der Waals surface area contributed by atoms with Gasteiger partial charge in [-0.3, -0.25) is 4.79 Å². The molecule has 2 aromatic rings. The van der Waals surface area contributed by atoms with E-state index in [4.69, 9.17) is 4.42 Å². The van der Waals surface area contributed by atoms with Crippen molar-refractivity contribution in [3.63, 3.8) is 0 Å². The van der Waals surface area contributed by atoms with Gasteiger partial charge in [-0.2, -0.15) is 0 Å². The zero-order valence-electron chi connectivity index (χ0n) is 13.0. The van der Waals surface area contributed by atoms with Crippen LogP contribution < -0.4 is 5.32 Å². The molecular weight excluding hydrogens is 318 g/mol. The lowest BCUT2D eigenvalue weighted by molar-refractivity contribution is -0.121. The molecule has 1 aliphatic carbocycles.